The number of ether oxygens (including phenoxy) is 1. The Morgan fingerprint density at radius 1 is 1.50 bits per heavy atom. The Hall–Kier alpha value is -0.170. The van der Waals surface area contributed by atoms with E-state index in [1.807, 2.05) is 0 Å². The van der Waals surface area contributed by atoms with Crippen molar-refractivity contribution in [2.75, 3.05) is 33.4 Å². The summed E-state index contributed by atoms with van der Waals surface area (Å²) in [6.07, 6.45) is 0. The first-order valence-corrected chi connectivity index (χ1v) is 6.19. The Labute approximate surface area is 86.3 Å². The molecular formula is C8H20N2O3S. The zero-order valence-electron chi connectivity index (χ0n) is 9.06. The average Bonchev–Trinajstić information content (AvgIpc) is 2.17. The van der Waals surface area contributed by atoms with E-state index in [4.69, 9.17) is 10.5 Å². The van der Waals surface area contributed by atoms with Gasteiger partial charge in [0.25, 0.3) is 0 Å². The lowest BCUT2D eigenvalue weighted by Gasteiger charge is -2.23. The Bertz CT molecular complexity index is 241. The maximum absolute atomic E-state index is 11.8. The summed E-state index contributed by atoms with van der Waals surface area (Å²) in [5.41, 5.74) is 5.34. The second-order valence-corrected chi connectivity index (χ2v) is 5.43. The van der Waals surface area contributed by atoms with Crippen LogP contribution in [-0.4, -0.2) is 51.3 Å². The highest BCUT2D eigenvalue weighted by Gasteiger charge is 2.25. The molecule has 2 N–H and O–H groups in total. The van der Waals surface area contributed by atoms with Gasteiger partial charge in [0.1, 0.15) is 0 Å². The smallest absolute Gasteiger partial charge is 0.218 e. The predicted molar refractivity (Wildman–Crippen MR) is 56.6 cm³/mol. The fourth-order valence-corrected chi connectivity index (χ4v) is 2.48. The van der Waals surface area contributed by atoms with Gasteiger partial charge in [-0.25, -0.2) is 8.42 Å². The molecule has 0 fully saturated rings. The Kier molecular flexibility index (Phi) is 6.26. The zero-order chi connectivity index (χ0) is 11.2. The molecule has 6 heteroatoms. The van der Waals surface area contributed by atoms with E-state index in [1.54, 1.807) is 21.0 Å². The van der Waals surface area contributed by atoms with Gasteiger partial charge in [-0.05, 0) is 6.92 Å². The van der Waals surface area contributed by atoms with Crippen LogP contribution in [0.5, 0.6) is 0 Å². The van der Waals surface area contributed by atoms with Crippen LogP contribution in [-0.2, 0) is 14.8 Å². The molecule has 0 aliphatic rings. The topological polar surface area (TPSA) is 72.6 Å². The van der Waals surface area contributed by atoms with E-state index in [0.29, 0.717) is 19.7 Å². The Morgan fingerprint density at radius 2 is 2.07 bits per heavy atom. The Morgan fingerprint density at radius 3 is 2.43 bits per heavy atom. The van der Waals surface area contributed by atoms with Crippen LogP contribution in [0, 0.1) is 0 Å². The maximum Gasteiger partial charge on any atom is 0.218 e. The van der Waals surface area contributed by atoms with E-state index >= 15 is 0 Å². The number of hydrogen-bond acceptors (Lipinski definition) is 4. The van der Waals surface area contributed by atoms with Crippen molar-refractivity contribution < 1.29 is 13.2 Å². The highest BCUT2D eigenvalue weighted by Crippen LogP contribution is 2.07. The molecule has 0 heterocycles. The third-order valence-corrected chi connectivity index (χ3v) is 4.47. The summed E-state index contributed by atoms with van der Waals surface area (Å²) >= 11 is 0. The molecule has 1 unspecified atom stereocenters. The van der Waals surface area contributed by atoms with Crippen LogP contribution in [0.4, 0.5) is 0 Å². The van der Waals surface area contributed by atoms with Crippen molar-refractivity contribution in [2.45, 2.75) is 19.1 Å². The maximum atomic E-state index is 11.8. The SMILES string of the molecule is CCN(CCOC)S(=O)(=O)C(C)CN. The second-order valence-electron chi connectivity index (χ2n) is 3.08. The predicted octanol–water partition coefficient (Wildman–Crippen LogP) is -0.368. The van der Waals surface area contributed by atoms with Crippen LogP contribution in [0.1, 0.15) is 13.8 Å². The molecule has 0 aromatic carbocycles. The van der Waals surface area contributed by atoms with Crippen LogP contribution in [0.3, 0.4) is 0 Å². The lowest BCUT2D eigenvalue weighted by atomic mass is 10.5. The summed E-state index contributed by atoms with van der Waals surface area (Å²) in [6.45, 7) is 4.81. The van der Waals surface area contributed by atoms with Gasteiger partial charge in [-0.15, -0.1) is 0 Å². The van der Waals surface area contributed by atoms with Crippen molar-refractivity contribution in [1.29, 1.82) is 0 Å². The summed E-state index contributed by atoms with van der Waals surface area (Å²) < 4.78 is 29.8. The number of methoxy groups -OCH3 is 1. The molecule has 0 aromatic rings. The number of nitrogens with zero attached hydrogens (tertiary/aromatic N) is 1. The van der Waals surface area contributed by atoms with Crippen LogP contribution >= 0.6 is 0 Å². The first-order chi connectivity index (χ1) is 6.50. The summed E-state index contributed by atoms with van der Waals surface area (Å²) in [7, 11) is -1.70. The lowest BCUT2D eigenvalue weighted by molar-refractivity contribution is 0.180. The van der Waals surface area contributed by atoms with Crippen LogP contribution in [0.15, 0.2) is 0 Å². The van der Waals surface area contributed by atoms with Crippen molar-refractivity contribution in [3.05, 3.63) is 0 Å². The first-order valence-electron chi connectivity index (χ1n) is 4.68. The van der Waals surface area contributed by atoms with Gasteiger partial charge in [-0.3, -0.25) is 0 Å². The minimum absolute atomic E-state index is 0.145. The van der Waals surface area contributed by atoms with Gasteiger partial charge in [0.15, 0.2) is 0 Å². The first kappa shape index (κ1) is 13.8. The molecule has 0 saturated heterocycles. The van der Waals surface area contributed by atoms with Gasteiger partial charge in [-0.2, -0.15) is 4.31 Å². The van der Waals surface area contributed by atoms with Crippen molar-refractivity contribution in [1.82, 2.24) is 4.31 Å². The molecule has 0 aliphatic carbocycles. The minimum Gasteiger partial charge on any atom is -0.383 e. The second kappa shape index (κ2) is 6.34. The quantitative estimate of drug-likeness (QED) is 0.640. The van der Waals surface area contributed by atoms with Gasteiger partial charge in [0.2, 0.25) is 10.0 Å². The standard InChI is InChI=1S/C8H20N2O3S/c1-4-10(5-6-13-3)14(11,12)8(2)7-9/h8H,4-7,9H2,1-3H3. The minimum atomic E-state index is -3.25. The van der Waals surface area contributed by atoms with E-state index in [1.165, 1.54) is 4.31 Å². The monoisotopic (exact) mass is 224 g/mol. The highest BCUT2D eigenvalue weighted by atomic mass is 32.2. The van der Waals surface area contributed by atoms with E-state index in [-0.39, 0.29) is 6.54 Å². The lowest BCUT2D eigenvalue weighted by Crippen LogP contribution is -2.42. The fraction of sp³-hybridized carbons (Fsp3) is 1.00. The summed E-state index contributed by atoms with van der Waals surface area (Å²) in [5, 5.41) is -0.528. The van der Waals surface area contributed by atoms with E-state index < -0.39 is 15.3 Å². The molecule has 0 spiro atoms. The van der Waals surface area contributed by atoms with E-state index in [9.17, 15) is 8.42 Å². The molecule has 0 saturated carbocycles. The highest BCUT2D eigenvalue weighted by molar-refractivity contribution is 7.89. The molecular weight excluding hydrogens is 204 g/mol. The molecule has 0 bridgehead atoms. The molecule has 14 heavy (non-hydrogen) atoms. The van der Waals surface area contributed by atoms with Crippen LogP contribution in [0.2, 0.25) is 0 Å². The van der Waals surface area contributed by atoms with E-state index in [2.05, 4.69) is 0 Å². The molecule has 1 atom stereocenters. The fourth-order valence-electron chi connectivity index (χ4n) is 1.03. The number of hydrogen-bond donors (Lipinski definition) is 1. The van der Waals surface area contributed by atoms with Gasteiger partial charge in [-0.1, -0.05) is 6.92 Å². The number of likely N-dealkylation sites (N-methyl/N-ethyl adjacent to an activating group) is 1. The van der Waals surface area contributed by atoms with Gasteiger partial charge in [0, 0.05) is 26.7 Å². The summed E-state index contributed by atoms with van der Waals surface area (Å²) in [6, 6.07) is 0. The average molecular weight is 224 g/mol. The van der Waals surface area contributed by atoms with Gasteiger partial charge < -0.3 is 10.5 Å². The molecule has 0 aliphatic heterocycles. The van der Waals surface area contributed by atoms with Crippen LogP contribution in [0.25, 0.3) is 0 Å². The van der Waals surface area contributed by atoms with Gasteiger partial charge in [0.05, 0.1) is 11.9 Å². The van der Waals surface area contributed by atoms with Crippen molar-refractivity contribution in [2.24, 2.45) is 5.73 Å². The zero-order valence-corrected chi connectivity index (χ0v) is 9.88. The summed E-state index contributed by atoms with van der Waals surface area (Å²) in [5.74, 6) is 0. The third kappa shape index (κ3) is 3.53. The molecule has 0 radical (unpaired) electrons. The normalized spacial score (nSPS) is 14.6. The molecule has 5 nitrogen and oxygen atoms in total. The molecule has 0 rings (SSSR count). The Balaban J connectivity index is 4.49. The van der Waals surface area contributed by atoms with Crippen molar-refractivity contribution in [3.63, 3.8) is 0 Å². The third-order valence-electron chi connectivity index (χ3n) is 2.10. The van der Waals surface area contributed by atoms with Gasteiger partial charge >= 0.3 is 0 Å². The molecule has 86 valence electrons. The van der Waals surface area contributed by atoms with Crippen LogP contribution < -0.4 is 5.73 Å². The van der Waals surface area contributed by atoms with E-state index in [0.717, 1.165) is 0 Å². The molecule has 0 amide bonds. The largest absolute Gasteiger partial charge is 0.383 e. The number of nitrogens with two attached hydrogens (primary N) is 1. The number of sulfonamides is 1. The van der Waals surface area contributed by atoms with Crippen molar-refractivity contribution >= 4 is 10.0 Å². The van der Waals surface area contributed by atoms with Crippen molar-refractivity contribution in [3.8, 4) is 0 Å². The summed E-state index contributed by atoms with van der Waals surface area (Å²) in [4.78, 5) is 0. The molecule has 0 aromatic heterocycles. The number of rotatable bonds is 7.